The molecular formula is C32H31ClF3N3OS. The van der Waals surface area contributed by atoms with Gasteiger partial charge in [-0.1, -0.05) is 72.3 Å². The van der Waals surface area contributed by atoms with Crippen molar-refractivity contribution in [3.63, 3.8) is 0 Å². The Morgan fingerprint density at radius 3 is 2.29 bits per heavy atom. The Hall–Kier alpha value is -3.20. The van der Waals surface area contributed by atoms with Gasteiger partial charge in [-0.2, -0.15) is 13.2 Å². The van der Waals surface area contributed by atoms with Gasteiger partial charge >= 0.3 is 6.18 Å². The molecule has 4 aromatic rings. The van der Waals surface area contributed by atoms with Crippen molar-refractivity contribution < 1.29 is 18.0 Å². The third-order valence-corrected chi connectivity index (χ3v) is 8.46. The molecule has 4 nitrogen and oxygen atoms in total. The van der Waals surface area contributed by atoms with Crippen molar-refractivity contribution in [3.05, 3.63) is 122 Å². The van der Waals surface area contributed by atoms with E-state index in [9.17, 15) is 18.0 Å². The Morgan fingerprint density at radius 2 is 1.59 bits per heavy atom. The lowest BCUT2D eigenvalue weighted by Crippen LogP contribution is -2.39. The van der Waals surface area contributed by atoms with E-state index in [1.807, 2.05) is 28.0 Å². The van der Waals surface area contributed by atoms with E-state index in [1.165, 1.54) is 29.0 Å². The molecule has 0 radical (unpaired) electrons. The van der Waals surface area contributed by atoms with Crippen molar-refractivity contribution in [2.45, 2.75) is 45.1 Å². The minimum Gasteiger partial charge on any atom is -0.337 e. The quantitative estimate of drug-likeness (QED) is 0.195. The molecule has 0 atom stereocenters. The first kappa shape index (κ1) is 29.3. The van der Waals surface area contributed by atoms with Gasteiger partial charge in [0.25, 0.3) is 5.91 Å². The van der Waals surface area contributed by atoms with E-state index in [2.05, 4.69) is 29.2 Å². The van der Waals surface area contributed by atoms with Crippen molar-refractivity contribution in [2.24, 2.45) is 5.92 Å². The van der Waals surface area contributed by atoms with Crippen molar-refractivity contribution in [1.82, 2.24) is 14.8 Å². The zero-order valence-corrected chi connectivity index (χ0v) is 24.1. The maximum absolute atomic E-state index is 13.3. The van der Waals surface area contributed by atoms with Crippen LogP contribution in [0.5, 0.6) is 0 Å². The van der Waals surface area contributed by atoms with Crippen LogP contribution in [0, 0.1) is 5.92 Å². The molecular weight excluding hydrogens is 567 g/mol. The van der Waals surface area contributed by atoms with Gasteiger partial charge < -0.3 is 4.90 Å². The first-order valence-corrected chi connectivity index (χ1v) is 14.9. The Labute approximate surface area is 247 Å². The molecule has 9 heteroatoms. The van der Waals surface area contributed by atoms with Crippen LogP contribution in [0.1, 0.15) is 50.6 Å². The normalized spacial score (nSPS) is 14.5. The molecule has 0 N–H and O–H groups in total. The summed E-state index contributed by atoms with van der Waals surface area (Å²) in [6.45, 7) is 2.61. The fourth-order valence-corrected chi connectivity index (χ4v) is 6.18. The number of aromatic nitrogens is 1. The second-order valence-electron chi connectivity index (χ2n) is 10.5. The van der Waals surface area contributed by atoms with Crippen LogP contribution in [0.15, 0.2) is 84.2 Å². The van der Waals surface area contributed by atoms with Crippen molar-refractivity contribution in [3.8, 4) is 0 Å². The van der Waals surface area contributed by atoms with Gasteiger partial charge in [0.05, 0.1) is 12.1 Å². The highest BCUT2D eigenvalue weighted by molar-refractivity contribution is 7.09. The van der Waals surface area contributed by atoms with Crippen LogP contribution in [0.4, 0.5) is 13.2 Å². The lowest BCUT2D eigenvalue weighted by molar-refractivity contribution is -0.137. The zero-order valence-electron chi connectivity index (χ0n) is 22.5. The van der Waals surface area contributed by atoms with E-state index < -0.39 is 11.7 Å². The molecule has 1 aliphatic heterocycles. The van der Waals surface area contributed by atoms with Crippen molar-refractivity contribution >= 4 is 28.8 Å². The van der Waals surface area contributed by atoms with E-state index in [0.717, 1.165) is 35.9 Å². The predicted octanol–water partition coefficient (Wildman–Crippen LogP) is 8.11. The number of hydrogen-bond acceptors (Lipinski definition) is 4. The number of alkyl halides is 3. The second kappa shape index (κ2) is 13.2. The van der Waals surface area contributed by atoms with Gasteiger partial charge in [0.2, 0.25) is 0 Å². The first-order valence-electron chi connectivity index (χ1n) is 13.6. The average Bonchev–Trinajstić information content (AvgIpc) is 3.43. The summed E-state index contributed by atoms with van der Waals surface area (Å²) in [5.41, 5.74) is 2.62. The lowest BCUT2D eigenvalue weighted by Gasteiger charge is -2.31. The molecule has 0 bridgehead atoms. The van der Waals surface area contributed by atoms with E-state index in [4.69, 9.17) is 11.6 Å². The zero-order chi connectivity index (χ0) is 28.8. The molecule has 0 unspecified atom stereocenters. The smallest absolute Gasteiger partial charge is 0.337 e. The van der Waals surface area contributed by atoms with Gasteiger partial charge in [0.1, 0.15) is 10.7 Å². The molecule has 1 amide bonds. The summed E-state index contributed by atoms with van der Waals surface area (Å²) in [6, 6.07) is 23.2. The Bertz CT molecular complexity index is 1430. The van der Waals surface area contributed by atoms with Crippen LogP contribution in [0.25, 0.3) is 0 Å². The summed E-state index contributed by atoms with van der Waals surface area (Å²) in [6.07, 6.45) is -1.45. The largest absolute Gasteiger partial charge is 0.416 e. The first-order chi connectivity index (χ1) is 19.7. The van der Waals surface area contributed by atoms with Gasteiger partial charge in [0, 0.05) is 36.6 Å². The number of piperidine rings is 1. The minimum absolute atomic E-state index is 0.0622. The predicted molar refractivity (Wildman–Crippen MR) is 157 cm³/mol. The van der Waals surface area contributed by atoms with E-state index >= 15 is 0 Å². The molecule has 1 aliphatic rings. The van der Waals surface area contributed by atoms with Crippen LogP contribution in [-0.4, -0.2) is 33.8 Å². The van der Waals surface area contributed by atoms with Crippen LogP contribution in [-0.2, 0) is 32.2 Å². The number of hydrogen-bond donors (Lipinski definition) is 0. The summed E-state index contributed by atoms with van der Waals surface area (Å²) in [4.78, 5) is 21.8. The highest BCUT2D eigenvalue weighted by Gasteiger charge is 2.30. The van der Waals surface area contributed by atoms with E-state index in [1.54, 1.807) is 23.6 Å². The van der Waals surface area contributed by atoms with Crippen LogP contribution in [0.3, 0.4) is 0 Å². The Balaban J connectivity index is 1.24. The number of thiazole rings is 1. The number of carbonyl (C=O) groups excluding carboxylic acids is 1. The summed E-state index contributed by atoms with van der Waals surface area (Å²) in [7, 11) is 0. The number of carbonyl (C=O) groups is 1. The molecule has 1 fully saturated rings. The fraction of sp³-hybridized carbons (Fsp3) is 0.312. The van der Waals surface area contributed by atoms with Gasteiger partial charge in [-0.05, 0) is 60.1 Å². The maximum atomic E-state index is 13.3. The lowest BCUT2D eigenvalue weighted by atomic mass is 9.90. The molecule has 0 saturated carbocycles. The second-order valence-corrected chi connectivity index (χ2v) is 11.9. The highest BCUT2D eigenvalue weighted by Crippen LogP contribution is 2.30. The number of likely N-dealkylation sites (tertiary alicyclic amines) is 1. The van der Waals surface area contributed by atoms with Gasteiger partial charge in [-0.15, -0.1) is 11.3 Å². The summed E-state index contributed by atoms with van der Waals surface area (Å²) in [5.74, 6) is 0.498. The summed E-state index contributed by atoms with van der Waals surface area (Å²) < 4.78 is 40.0. The minimum atomic E-state index is -4.41. The Kier molecular flexibility index (Phi) is 9.42. The average molecular weight is 598 g/mol. The summed E-state index contributed by atoms with van der Waals surface area (Å²) >= 11 is 7.45. The van der Waals surface area contributed by atoms with Crippen molar-refractivity contribution in [1.29, 1.82) is 0 Å². The molecule has 1 saturated heterocycles. The van der Waals surface area contributed by atoms with Gasteiger partial charge in [-0.3, -0.25) is 9.69 Å². The van der Waals surface area contributed by atoms with Crippen LogP contribution in [0.2, 0.25) is 5.02 Å². The monoisotopic (exact) mass is 597 g/mol. The number of halogens is 4. The van der Waals surface area contributed by atoms with Gasteiger partial charge in [-0.25, -0.2) is 4.98 Å². The van der Waals surface area contributed by atoms with Crippen LogP contribution >= 0.6 is 22.9 Å². The van der Waals surface area contributed by atoms with E-state index in [-0.39, 0.29) is 5.91 Å². The SMILES string of the molecule is O=C(c1csc(CN(Cc2ccc(Cl)cc2)Cc2cccc(C(F)(F)F)c2)n1)N1CCC(Cc2ccccc2)CC1. The fourth-order valence-electron chi connectivity index (χ4n) is 5.24. The molecule has 41 heavy (non-hydrogen) atoms. The summed E-state index contributed by atoms with van der Waals surface area (Å²) in [5, 5.41) is 3.15. The number of amides is 1. The standard InChI is InChI=1S/C32H31ClF3N3OS/c33-28-11-9-25(10-12-28)19-38(20-26-7-4-8-27(18-26)32(34,35)36)21-30-37-29(22-41-30)31(40)39-15-13-24(14-16-39)17-23-5-2-1-3-6-23/h1-12,18,22,24H,13-17,19-21H2. The molecule has 214 valence electrons. The third kappa shape index (κ3) is 8.18. The molecule has 0 spiro atoms. The number of nitrogens with zero attached hydrogens (tertiary/aromatic N) is 3. The maximum Gasteiger partial charge on any atom is 0.416 e. The molecule has 5 rings (SSSR count). The Morgan fingerprint density at radius 1 is 0.902 bits per heavy atom. The number of benzene rings is 3. The van der Waals surface area contributed by atoms with E-state index in [0.29, 0.717) is 54.9 Å². The van der Waals surface area contributed by atoms with Crippen LogP contribution < -0.4 is 0 Å². The molecule has 0 aliphatic carbocycles. The molecule has 1 aromatic heterocycles. The molecule has 2 heterocycles. The third-order valence-electron chi connectivity index (χ3n) is 7.38. The highest BCUT2D eigenvalue weighted by atomic mass is 35.5. The number of rotatable bonds is 9. The topological polar surface area (TPSA) is 36.4 Å². The van der Waals surface area contributed by atoms with Crippen molar-refractivity contribution in [2.75, 3.05) is 13.1 Å². The molecule has 3 aromatic carbocycles. The van der Waals surface area contributed by atoms with Gasteiger partial charge in [0.15, 0.2) is 0 Å².